The summed E-state index contributed by atoms with van der Waals surface area (Å²) in [4.78, 5) is 0. The molecule has 2 atom stereocenters. The van der Waals surface area contributed by atoms with Crippen molar-refractivity contribution in [2.24, 2.45) is 0 Å². The summed E-state index contributed by atoms with van der Waals surface area (Å²) < 4.78 is 20.2. The number of hydrogen-bond donors (Lipinski definition) is 2. The van der Waals surface area contributed by atoms with E-state index in [9.17, 15) is 4.39 Å². The molecule has 0 aliphatic carbocycles. The Morgan fingerprint density at radius 1 is 1.09 bits per heavy atom. The standard InChI is InChI=1S/C19H23FN2O/c1-13-2-3-14(12-18(13)20)17-8-10-22-11-9-19(17)23-16-6-4-15(21)5-7-16/h2-7,12,17,19,22H,8-11,21H2,1H3. The van der Waals surface area contributed by atoms with Crippen molar-refractivity contribution in [1.29, 1.82) is 0 Å². The third-order valence-corrected chi connectivity index (χ3v) is 4.48. The van der Waals surface area contributed by atoms with Gasteiger partial charge in [0.05, 0.1) is 0 Å². The number of anilines is 1. The maximum atomic E-state index is 14.0. The van der Waals surface area contributed by atoms with Crippen LogP contribution in [0.3, 0.4) is 0 Å². The van der Waals surface area contributed by atoms with Crippen molar-refractivity contribution in [2.75, 3.05) is 18.8 Å². The minimum absolute atomic E-state index is 0.0238. The molecule has 23 heavy (non-hydrogen) atoms. The lowest BCUT2D eigenvalue weighted by molar-refractivity contribution is 0.165. The van der Waals surface area contributed by atoms with Crippen molar-refractivity contribution in [3.05, 3.63) is 59.4 Å². The maximum absolute atomic E-state index is 14.0. The number of hydrogen-bond acceptors (Lipinski definition) is 3. The molecule has 0 aromatic heterocycles. The summed E-state index contributed by atoms with van der Waals surface area (Å²) in [6, 6.07) is 13.0. The van der Waals surface area contributed by atoms with E-state index in [1.54, 1.807) is 13.0 Å². The average molecular weight is 314 g/mol. The molecule has 0 spiro atoms. The van der Waals surface area contributed by atoms with E-state index in [1.807, 2.05) is 36.4 Å². The highest BCUT2D eigenvalue weighted by molar-refractivity contribution is 5.41. The van der Waals surface area contributed by atoms with E-state index >= 15 is 0 Å². The molecule has 4 heteroatoms. The first-order chi connectivity index (χ1) is 11.1. The summed E-state index contributed by atoms with van der Waals surface area (Å²) in [7, 11) is 0. The van der Waals surface area contributed by atoms with Gasteiger partial charge in [0.2, 0.25) is 0 Å². The number of ether oxygens (including phenoxy) is 1. The first kappa shape index (κ1) is 15.8. The molecular weight excluding hydrogens is 291 g/mol. The second-order valence-electron chi connectivity index (χ2n) is 6.17. The predicted molar refractivity (Wildman–Crippen MR) is 91.3 cm³/mol. The quantitative estimate of drug-likeness (QED) is 0.851. The Hall–Kier alpha value is -2.07. The topological polar surface area (TPSA) is 47.3 Å². The van der Waals surface area contributed by atoms with Crippen molar-refractivity contribution in [3.8, 4) is 5.75 Å². The zero-order valence-corrected chi connectivity index (χ0v) is 13.4. The number of halogens is 1. The number of aryl methyl sites for hydroxylation is 1. The summed E-state index contributed by atoms with van der Waals surface area (Å²) in [5.74, 6) is 0.840. The summed E-state index contributed by atoms with van der Waals surface area (Å²) in [5, 5.41) is 3.40. The van der Waals surface area contributed by atoms with Gasteiger partial charge >= 0.3 is 0 Å². The monoisotopic (exact) mass is 314 g/mol. The fourth-order valence-corrected chi connectivity index (χ4v) is 3.10. The normalized spacial score (nSPS) is 21.7. The minimum atomic E-state index is -0.147. The second kappa shape index (κ2) is 7.01. The van der Waals surface area contributed by atoms with Gasteiger partial charge < -0.3 is 15.8 Å². The number of nitrogen functional groups attached to an aromatic ring is 1. The molecule has 1 saturated heterocycles. The highest BCUT2D eigenvalue weighted by Crippen LogP contribution is 2.31. The van der Waals surface area contributed by atoms with Crippen LogP contribution in [0.5, 0.6) is 5.75 Å². The molecule has 0 bridgehead atoms. The van der Waals surface area contributed by atoms with E-state index in [1.165, 1.54) is 0 Å². The van der Waals surface area contributed by atoms with Crippen molar-refractivity contribution in [2.45, 2.75) is 31.8 Å². The smallest absolute Gasteiger partial charge is 0.126 e. The van der Waals surface area contributed by atoms with Crippen molar-refractivity contribution in [3.63, 3.8) is 0 Å². The van der Waals surface area contributed by atoms with Crippen LogP contribution in [0.15, 0.2) is 42.5 Å². The van der Waals surface area contributed by atoms with Gasteiger partial charge in [0, 0.05) is 11.6 Å². The van der Waals surface area contributed by atoms with Gasteiger partial charge in [0.1, 0.15) is 17.7 Å². The van der Waals surface area contributed by atoms with Crippen LogP contribution in [0.1, 0.15) is 29.9 Å². The highest BCUT2D eigenvalue weighted by Gasteiger charge is 2.27. The number of benzene rings is 2. The van der Waals surface area contributed by atoms with Crippen LogP contribution in [0.4, 0.5) is 10.1 Å². The predicted octanol–water partition coefficient (Wildman–Crippen LogP) is 3.63. The van der Waals surface area contributed by atoms with Gasteiger partial charge in [-0.15, -0.1) is 0 Å². The lowest BCUT2D eigenvalue weighted by Gasteiger charge is -2.26. The van der Waals surface area contributed by atoms with E-state index in [0.29, 0.717) is 5.56 Å². The van der Waals surface area contributed by atoms with Crippen LogP contribution in [0, 0.1) is 12.7 Å². The molecule has 2 unspecified atom stereocenters. The van der Waals surface area contributed by atoms with Crippen LogP contribution in [-0.4, -0.2) is 19.2 Å². The fourth-order valence-electron chi connectivity index (χ4n) is 3.10. The molecule has 0 saturated carbocycles. The molecule has 3 nitrogen and oxygen atoms in total. The maximum Gasteiger partial charge on any atom is 0.126 e. The zero-order valence-electron chi connectivity index (χ0n) is 13.4. The number of rotatable bonds is 3. The van der Waals surface area contributed by atoms with Crippen molar-refractivity contribution >= 4 is 5.69 Å². The van der Waals surface area contributed by atoms with Gasteiger partial charge in [-0.25, -0.2) is 4.39 Å². The minimum Gasteiger partial charge on any atom is -0.490 e. The number of nitrogens with two attached hydrogens (primary N) is 1. The van der Waals surface area contributed by atoms with E-state index in [0.717, 1.165) is 42.9 Å². The molecule has 1 aliphatic rings. The molecule has 1 fully saturated rings. The number of nitrogens with one attached hydrogen (secondary N) is 1. The molecule has 3 N–H and O–H groups in total. The first-order valence-electron chi connectivity index (χ1n) is 8.12. The van der Waals surface area contributed by atoms with Crippen molar-refractivity contribution in [1.82, 2.24) is 5.32 Å². The summed E-state index contributed by atoms with van der Waals surface area (Å²) in [6.07, 6.45) is 1.85. The molecule has 2 aromatic rings. The Balaban J connectivity index is 1.84. The summed E-state index contributed by atoms with van der Waals surface area (Å²) >= 11 is 0. The Morgan fingerprint density at radius 3 is 2.57 bits per heavy atom. The van der Waals surface area contributed by atoms with Crippen LogP contribution in [0.2, 0.25) is 0 Å². The Labute approximate surface area is 136 Å². The van der Waals surface area contributed by atoms with Crippen LogP contribution < -0.4 is 15.8 Å². The van der Waals surface area contributed by atoms with E-state index in [-0.39, 0.29) is 17.8 Å². The van der Waals surface area contributed by atoms with Gasteiger partial charge in [-0.05, 0) is 74.3 Å². The summed E-state index contributed by atoms with van der Waals surface area (Å²) in [5.41, 5.74) is 8.13. The largest absolute Gasteiger partial charge is 0.490 e. The van der Waals surface area contributed by atoms with E-state index in [4.69, 9.17) is 10.5 Å². The van der Waals surface area contributed by atoms with E-state index < -0.39 is 0 Å². The lowest BCUT2D eigenvalue weighted by Crippen LogP contribution is -2.26. The first-order valence-corrected chi connectivity index (χ1v) is 8.12. The molecule has 122 valence electrons. The average Bonchev–Trinajstić information content (AvgIpc) is 2.78. The Kier molecular flexibility index (Phi) is 4.82. The van der Waals surface area contributed by atoms with Crippen molar-refractivity contribution < 1.29 is 9.13 Å². The Morgan fingerprint density at radius 2 is 1.83 bits per heavy atom. The van der Waals surface area contributed by atoms with Gasteiger partial charge in [-0.3, -0.25) is 0 Å². The molecule has 1 heterocycles. The fraction of sp³-hybridized carbons (Fsp3) is 0.368. The van der Waals surface area contributed by atoms with Gasteiger partial charge in [-0.2, -0.15) is 0 Å². The third kappa shape index (κ3) is 3.82. The molecule has 3 rings (SSSR count). The highest BCUT2D eigenvalue weighted by atomic mass is 19.1. The molecular formula is C19H23FN2O. The molecule has 0 amide bonds. The van der Waals surface area contributed by atoms with Gasteiger partial charge in [0.15, 0.2) is 0 Å². The van der Waals surface area contributed by atoms with Crippen LogP contribution in [-0.2, 0) is 0 Å². The van der Waals surface area contributed by atoms with Crippen LogP contribution in [0.25, 0.3) is 0 Å². The molecule has 2 aromatic carbocycles. The molecule has 1 aliphatic heterocycles. The van der Waals surface area contributed by atoms with E-state index in [2.05, 4.69) is 5.32 Å². The second-order valence-corrected chi connectivity index (χ2v) is 6.17. The van der Waals surface area contributed by atoms with Crippen LogP contribution >= 0.6 is 0 Å². The lowest BCUT2D eigenvalue weighted by atomic mass is 9.89. The molecule has 0 radical (unpaired) electrons. The SMILES string of the molecule is Cc1ccc(C2CCNCCC2Oc2ccc(N)cc2)cc1F. The zero-order chi connectivity index (χ0) is 16.2. The van der Waals surface area contributed by atoms with Gasteiger partial charge in [0.25, 0.3) is 0 Å². The van der Waals surface area contributed by atoms with Gasteiger partial charge in [-0.1, -0.05) is 12.1 Å². The summed E-state index contributed by atoms with van der Waals surface area (Å²) in [6.45, 7) is 3.61. The Bertz CT molecular complexity index is 657. The third-order valence-electron chi connectivity index (χ3n) is 4.48.